The molecule has 11 heavy (non-hydrogen) atoms. The van der Waals surface area contributed by atoms with Crippen molar-refractivity contribution in [3.8, 4) is 0 Å². The maximum atomic E-state index is 8.10. The fraction of sp³-hybridized carbons (Fsp3) is 0.167. The van der Waals surface area contributed by atoms with Crippen molar-refractivity contribution in [3.63, 3.8) is 0 Å². The first-order valence-corrected chi connectivity index (χ1v) is 3.70. The van der Waals surface area contributed by atoms with Crippen LogP contribution in [0.2, 0.25) is 0 Å². The third-order valence-electron chi connectivity index (χ3n) is 1.17. The highest BCUT2D eigenvalue weighted by Crippen LogP contribution is 2.19. The minimum atomic E-state index is 0.518. The van der Waals surface area contributed by atoms with E-state index in [1.54, 1.807) is 6.07 Å². The molecule has 4 nitrogen and oxygen atoms in total. The molecule has 0 spiro atoms. The fourth-order valence-corrected chi connectivity index (χ4v) is 0.939. The van der Waals surface area contributed by atoms with Gasteiger partial charge in [-0.25, -0.2) is 0 Å². The monoisotopic (exact) mass is 212 g/mol. The Morgan fingerprint density at radius 3 is 3.00 bits per heavy atom. The summed E-state index contributed by atoms with van der Waals surface area (Å²) in [4.78, 5) is 6.63. The summed E-state index contributed by atoms with van der Waals surface area (Å²) in [6, 6.07) is 1.72. The van der Waals surface area contributed by atoms with Crippen molar-refractivity contribution >= 4 is 21.6 Å². The van der Waals surface area contributed by atoms with Gasteiger partial charge in [-0.1, -0.05) is 5.11 Å². The van der Waals surface area contributed by atoms with E-state index in [2.05, 4.69) is 30.9 Å². The molecule has 1 heterocycles. The number of nitrogens with zero attached hydrogens (tertiary/aromatic N) is 4. The predicted molar refractivity (Wildman–Crippen MR) is 45.5 cm³/mol. The quantitative estimate of drug-likeness (QED) is 0.401. The standard InChI is InChI=1S/C6H5BrN4/c1-4-6(7)2-5(3-9-4)10-11-8/h2-3H,1H3. The van der Waals surface area contributed by atoms with E-state index in [1.807, 2.05) is 6.92 Å². The fourth-order valence-electron chi connectivity index (χ4n) is 0.602. The van der Waals surface area contributed by atoms with Crippen LogP contribution in [0.25, 0.3) is 10.4 Å². The van der Waals surface area contributed by atoms with Gasteiger partial charge in [0.2, 0.25) is 0 Å². The highest BCUT2D eigenvalue weighted by atomic mass is 79.9. The molecule has 1 aromatic rings. The third kappa shape index (κ3) is 1.93. The van der Waals surface area contributed by atoms with Crippen LogP contribution in [0.4, 0.5) is 5.69 Å². The van der Waals surface area contributed by atoms with Gasteiger partial charge in [0.1, 0.15) is 0 Å². The topological polar surface area (TPSA) is 61.7 Å². The van der Waals surface area contributed by atoms with Gasteiger partial charge in [0.25, 0.3) is 0 Å². The Labute approximate surface area is 72.0 Å². The Morgan fingerprint density at radius 1 is 1.73 bits per heavy atom. The molecule has 0 aliphatic heterocycles. The number of halogens is 1. The average molecular weight is 213 g/mol. The van der Waals surface area contributed by atoms with Crippen molar-refractivity contribution in [1.29, 1.82) is 0 Å². The molecule has 0 N–H and O–H groups in total. The molecule has 0 saturated carbocycles. The summed E-state index contributed by atoms with van der Waals surface area (Å²) < 4.78 is 0.849. The SMILES string of the molecule is Cc1ncc(N=[N+]=[N-])cc1Br. The second-order valence-electron chi connectivity index (χ2n) is 1.95. The lowest BCUT2D eigenvalue weighted by molar-refractivity contribution is 1.17. The van der Waals surface area contributed by atoms with Gasteiger partial charge >= 0.3 is 0 Å². The Morgan fingerprint density at radius 2 is 2.45 bits per heavy atom. The van der Waals surface area contributed by atoms with E-state index in [1.165, 1.54) is 6.20 Å². The van der Waals surface area contributed by atoms with E-state index in [0.29, 0.717) is 5.69 Å². The minimum absolute atomic E-state index is 0.518. The smallest absolute Gasteiger partial charge is 0.0570 e. The Balaban J connectivity index is 3.14. The van der Waals surface area contributed by atoms with Gasteiger partial charge in [-0.15, -0.1) is 0 Å². The molecule has 0 radical (unpaired) electrons. The molecule has 0 aromatic carbocycles. The van der Waals surface area contributed by atoms with E-state index < -0.39 is 0 Å². The molecule has 0 fully saturated rings. The predicted octanol–water partition coefficient (Wildman–Crippen LogP) is 3.09. The van der Waals surface area contributed by atoms with Crippen LogP contribution in [0, 0.1) is 6.92 Å². The summed E-state index contributed by atoms with van der Waals surface area (Å²) in [6.07, 6.45) is 1.53. The van der Waals surface area contributed by atoms with Crippen molar-refractivity contribution in [2.24, 2.45) is 5.11 Å². The first kappa shape index (κ1) is 8.04. The summed E-state index contributed by atoms with van der Waals surface area (Å²) in [7, 11) is 0. The minimum Gasteiger partial charge on any atom is -0.260 e. The summed E-state index contributed by atoms with van der Waals surface area (Å²) in [5.41, 5.74) is 9.49. The number of aryl methyl sites for hydroxylation is 1. The van der Waals surface area contributed by atoms with Crippen LogP contribution in [0.15, 0.2) is 21.9 Å². The van der Waals surface area contributed by atoms with Gasteiger partial charge in [-0.3, -0.25) is 4.98 Å². The second-order valence-corrected chi connectivity index (χ2v) is 2.80. The van der Waals surface area contributed by atoms with Crippen molar-refractivity contribution in [1.82, 2.24) is 4.98 Å². The molecule has 0 bridgehead atoms. The summed E-state index contributed by atoms with van der Waals surface area (Å²) in [6.45, 7) is 1.87. The van der Waals surface area contributed by atoms with E-state index in [0.717, 1.165) is 10.2 Å². The lowest BCUT2D eigenvalue weighted by atomic mass is 10.3. The van der Waals surface area contributed by atoms with Gasteiger partial charge < -0.3 is 0 Å². The van der Waals surface area contributed by atoms with Crippen LogP contribution in [-0.4, -0.2) is 4.98 Å². The Bertz CT molecular complexity index is 316. The zero-order chi connectivity index (χ0) is 8.27. The number of hydrogen-bond acceptors (Lipinski definition) is 2. The van der Waals surface area contributed by atoms with E-state index in [4.69, 9.17) is 5.53 Å². The lowest BCUT2D eigenvalue weighted by Gasteiger charge is -1.95. The lowest BCUT2D eigenvalue weighted by Crippen LogP contribution is -1.79. The number of hydrogen-bond donors (Lipinski definition) is 0. The third-order valence-corrected chi connectivity index (χ3v) is 1.97. The Hall–Kier alpha value is -1.06. The molecule has 0 aliphatic rings. The molecular formula is C6H5BrN4. The molecule has 1 aromatic heterocycles. The Kier molecular flexibility index (Phi) is 2.46. The van der Waals surface area contributed by atoms with E-state index in [-0.39, 0.29) is 0 Å². The van der Waals surface area contributed by atoms with Crippen LogP contribution in [0.3, 0.4) is 0 Å². The molecule has 0 aliphatic carbocycles. The maximum absolute atomic E-state index is 8.10. The number of azide groups is 1. The molecule has 0 atom stereocenters. The van der Waals surface area contributed by atoms with E-state index in [9.17, 15) is 0 Å². The first-order valence-electron chi connectivity index (χ1n) is 2.91. The summed E-state index contributed by atoms with van der Waals surface area (Å²) in [5.74, 6) is 0. The van der Waals surface area contributed by atoms with Gasteiger partial charge in [0.15, 0.2) is 0 Å². The van der Waals surface area contributed by atoms with Crippen molar-refractivity contribution < 1.29 is 0 Å². The van der Waals surface area contributed by atoms with E-state index >= 15 is 0 Å². The van der Waals surface area contributed by atoms with Crippen LogP contribution >= 0.6 is 15.9 Å². The summed E-state index contributed by atoms with van der Waals surface area (Å²) in [5, 5.41) is 3.40. The molecule has 0 saturated heterocycles. The summed E-state index contributed by atoms with van der Waals surface area (Å²) >= 11 is 3.27. The largest absolute Gasteiger partial charge is 0.260 e. The van der Waals surface area contributed by atoms with Crippen LogP contribution in [-0.2, 0) is 0 Å². The van der Waals surface area contributed by atoms with Crippen molar-refractivity contribution in [3.05, 3.63) is 32.9 Å². The second kappa shape index (κ2) is 3.37. The normalized spacial score (nSPS) is 8.91. The molecule has 0 unspecified atom stereocenters. The molecule has 56 valence electrons. The van der Waals surface area contributed by atoms with Gasteiger partial charge in [0.05, 0.1) is 11.4 Å². The first-order chi connectivity index (χ1) is 5.24. The number of pyridine rings is 1. The highest BCUT2D eigenvalue weighted by molar-refractivity contribution is 9.10. The maximum Gasteiger partial charge on any atom is 0.0570 e. The van der Waals surface area contributed by atoms with Gasteiger partial charge in [0, 0.05) is 15.6 Å². The van der Waals surface area contributed by atoms with Crippen molar-refractivity contribution in [2.75, 3.05) is 0 Å². The van der Waals surface area contributed by atoms with Gasteiger partial charge in [-0.2, -0.15) is 0 Å². The molecular weight excluding hydrogens is 208 g/mol. The van der Waals surface area contributed by atoms with Crippen LogP contribution < -0.4 is 0 Å². The zero-order valence-electron chi connectivity index (χ0n) is 5.82. The average Bonchev–Trinajstić information content (AvgIpc) is 1.98. The van der Waals surface area contributed by atoms with Crippen LogP contribution in [0.5, 0.6) is 0 Å². The van der Waals surface area contributed by atoms with Gasteiger partial charge in [-0.05, 0) is 34.5 Å². The van der Waals surface area contributed by atoms with Crippen LogP contribution in [0.1, 0.15) is 5.69 Å². The number of rotatable bonds is 1. The van der Waals surface area contributed by atoms with Crippen molar-refractivity contribution in [2.45, 2.75) is 6.92 Å². The molecule has 5 heteroatoms. The zero-order valence-corrected chi connectivity index (χ0v) is 7.41. The number of aromatic nitrogens is 1. The molecule has 1 rings (SSSR count). The highest BCUT2D eigenvalue weighted by Gasteiger charge is 1.95. The molecule has 0 amide bonds.